The summed E-state index contributed by atoms with van der Waals surface area (Å²) in [4.78, 5) is 13.5. The average molecular weight is 264 g/mol. The number of carbonyl (C=O) groups is 1. The van der Waals surface area contributed by atoms with Gasteiger partial charge in [0.1, 0.15) is 11.5 Å². The van der Waals surface area contributed by atoms with Crippen molar-refractivity contribution in [3.8, 4) is 0 Å². The lowest BCUT2D eigenvalue weighted by Crippen LogP contribution is -2.30. The molecule has 0 radical (unpaired) electrons. The molecule has 1 aromatic carbocycles. The van der Waals surface area contributed by atoms with Crippen LogP contribution < -0.4 is 4.90 Å². The molecule has 0 saturated carbocycles. The van der Waals surface area contributed by atoms with E-state index in [1.807, 2.05) is 29.2 Å². The highest BCUT2D eigenvalue weighted by molar-refractivity contribution is 7.11. The number of methoxy groups -OCH3 is 1. The van der Waals surface area contributed by atoms with Crippen molar-refractivity contribution in [1.29, 1.82) is 0 Å². The zero-order valence-corrected chi connectivity index (χ0v) is 11.4. The summed E-state index contributed by atoms with van der Waals surface area (Å²) in [5.74, 6) is -0.221. The number of nitrogens with zero attached hydrogens (tertiary/aromatic N) is 2. The summed E-state index contributed by atoms with van der Waals surface area (Å²) >= 11 is 1.43. The predicted octanol–water partition coefficient (Wildman–Crippen LogP) is 2.69. The molecule has 0 atom stereocenters. The normalized spacial score (nSPS) is 10.6. The maximum Gasteiger partial charge on any atom is 0.325 e. The second-order valence-electron chi connectivity index (χ2n) is 4.00. The summed E-state index contributed by atoms with van der Waals surface area (Å²) in [5, 5.41) is 2.14. The van der Waals surface area contributed by atoms with Crippen LogP contribution in [0, 0.1) is 0 Å². The Balaban J connectivity index is 2.32. The first kappa shape index (κ1) is 12.8. The topological polar surface area (TPSA) is 42.4 Å². The molecule has 1 heterocycles. The Morgan fingerprint density at radius 3 is 2.94 bits per heavy atom. The lowest BCUT2D eigenvalue weighted by atomic mass is 10.2. The van der Waals surface area contributed by atoms with Crippen LogP contribution in [-0.2, 0) is 9.53 Å². The molecule has 96 valence electrons. The van der Waals surface area contributed by atoms with Gasteiger partial charge < -0.3 is 9.64 Å². The molecule has 1 aromatic heterocycles. The molecule has 0 N–H and O–H groups in total. The van der Waals surface area contributed by atoms with Gasteiger partial charge in [-0.05, 0) is 30.1 Å². The van der Waals surface area contributed by atoms with Gasteiger partial charge in [-0.1, -0.05) is 19.1 Å². The van der Waals surface area contributed by atoms with E-state index in [9.17, 15) is 4.79 Å². The van der Waals surface area contributed by atoms with Crippen LogP contribution in [0.15, 0.2) is 24.3 Å². The third-order valence-corrected chi connectivity index (χ3v) is 3.63. The summed E-state index contributed by atoms with van der Waals surface area (Å²) in [6.45, 7) is 3.19. The molecular formula is C13H16N2O2S. The second-order valence-corrected chi connectivity index (χ2v) is 4.75. The molecule has 2 rings (SSSR count). The molecule has 5 heteroatoms. The molecular weight excluding hydrogens is 248 g/mol. The van der Waals surface area contributed by atoms with Crippen LogP contribution in [0.1, 0.15) is 13.3 Å². The molecule has 0 aliphatic rings. The average Bonchev–Trinajstić information content (AvgIpc) is 2.82. The minimum Gasteiger partial charge on any atom is -0.468 e. The molecule has 0 aliphatic heterocycles. The minimum atomic E-state index is -0.221. The fourth-order valence-corrected chi connectivity index (χ4v) is 2.73. The van der Waals surface area contributed by atoms with Gasteiger partial charge in [-0.3, -0.25) is 4.79 Å². The summed E-state index contributed by atoms with van der Waals surface area (Å²) in [6.07, 6.45) is 0.975. The molecule has 2 aromatic rings. The Hall–Kier alpha value is -1.62. The van der Waals surface area contributed by atoms with Gasteiger partial charge in [0.2, 0.25) is 0 Å². The zero-order valence-electron chi connectivity index (χ0n) is 10.5. The number of carbonyl (C=O) groups excluding carboxylic acids is 1. The van der Waals surface area contributed by atoms with E-state index in [2.05, 4.69) is 11.3 Å². The molecule has 0 amide bonds. The number of aromatic nitrogens is 1. The number of hydrogen-bond acceptors (Lipinski definition) is 5. The predicted molar refractivity (Wildman–Crippen MR) is 74.1 cm³/mol. The molecule has 0 aliphatic carbocycles. The van der Waals surface area contributed by atoms with Gasteiger partial charge in [0.15, 0.2) is 0 Å². The van der Waals surface area contributed by atoms with E-state index in [1.54, 1.807) is 0 Å². The Bertz CT molecular complexity index is 539. The number of anilines is 1. The van der Waals surface area contributed by atoms with Crippen molar-refractivity contribution in [2.75, 3.05) is 25.1 Å². The quantitative estimate of drug-likeness (QED) is 0.779. The van der Waals surface area contributed by atoms with Crippen molar-refractivity contribution in [2.24, 2.45) is 0 Å². The number of rotatable bonds is 5. The van der Waals surface area contributed by atoms with Gasteiger partial charge in [-0.2, -0.15) is 4.37 Å². The van der Waals surface area contributed by atoms with Gasteiger partial charge in [-0.15, -0.1) is 0 Å². The van der Waals surface area contributed by atoms with Crippen LogP contribution in [-0.4, -0.2) is 30.5 Å². The van der Waals surface area contributed by atoms with Crippen LogP contribution in [0.2, 0.25) is 0 Å². The smallest absolute Gasteiger partial charge is 0.325 e. The van der Waals surface area contributed by atoms with Crippen molar-refractivity contribution in [1.82, 2.24) is 4.37 Å². The third-order valence-electron chi connectivity index (χ3n) is 2.69. The van der Waals surface area contributed by atoms with Crippen LogP contribution in [0.5, 0.6) is 0 Å². The van der Waals surface area contributed by atoms with E-state index in [-0.39, 0.29) is 12.5 Å². The maximum atomic E-state index is 11.4. The van der Waals surface area contributed by atoms with E-state index in [1.165, 1.54) is 18.6 Å². The van der Waals surface area contributed by atoms with Gasteiger partial charge in [0.25, 0.3) is 0 Å². The van der Waals surface area contributed by atoms with Crippen molar-refractivity contribution in [2.45, 2.75) is 13.3 Å². The molecule has 0 spiro atoms. The molecule has 0 bridgehead atoms. The largest absolute Gasteiger partial charge is 0.468 e. The highest BCUT2D eigenvalue weighted by Gasteiger charge is 2.16. The lowest BCUT2D eigenvalue weighted by molar-refractivity contribution is -0.138. The number of hydrogen-bond donors (Lipinski definition) is 0. The zero-order chi connectivity index (χ0) is 13.0. The molecule has 0 saturated heterocycles. The van der Waals surface area contributed by atoms with Gasteiger partial charge in [0.05, 0.1) is 12.6 Å². The Labute approximate surface area is 110 Å². The fraction of sp³-hybridized carbons (Fsp3) is 0.385. The number of benzene rings is 1. The Morgan fingerprint density at radius 2 is 2.22 bits per heavy atom. The van der Waals surface area contributed by atoms with Crippen molar-refractivity contribution in [3.05, 3.63) is 24.3 Å². The minimum absolute atomic E-state index is 0.221. The highest BCUT2D eigenvalue weighted by atomic mass is 32.1. The SMILES string of the molecule is CCCN(CC(=O)OC)c1snc2ccccc12. The first-order valence-electron chi connectivity index (χ1n) is 5.92. The fourth-order valence-electron chi connectivity index (χ4n) is 1.85. The molecule has 4 nitrogen and oxygen atoms in total. The van der Waals surface area contributed by atoms with Crippen LogP contribution >= 0.6 is 11.5 Å². The summed E-state index contributed by atoms with van der Waals surface area (Å²) < 4.78 is 9.14. The van der Waals surface area contributed by atoms with E-state index in [0.717, 1.165) is 28.9 Å². The Morgan fingerprint density at radius 1 is 1.44 bits per heavy atom. The van der Waals surface area contributed by atoms with E-state index in [4.69, 9.17) is 4.74 Å². The van der Waals surface area contributed by atoms with Crippen LogP contribution in [0.25, 0.3) is 10.9 Å². The Kier molecular flexibility index (Phi) is 4.15. The van der Waals surface area contributed by atoms with Crippen molar-refractivity contribution < 1.29 is 9.53 Å². The maximum absolute atomic E-state index is 11.4. The second kappa shape index (κ2) is 5.82. The number of esters is 1. The van der Waals surface area contributed by atoms with E-state index < -0.39 is 0 Å². The highest BCUT2D eigenvalue weighted by Crippen LogP contribution is 2.31. The number of fused-ring (bicyclic) bond motifs is 1. The van der Waals surface area contributed by atoms with Crippen molar-refractivity contribution >= 4 is 33.4 Å². The van der Waals surface area contributed by atoms with Crippen LogP contribution in [0.4, 0.5) is 5.00 Å². The van der Waals surface area contributed by atoms with Crippen LogP contribution in [0.3, 0.4) is 0 Å². The first-order valence-corrected chi connectivity index (χ1v) is 6.69. The van der Waals surface area contributed by atoms with Gasteiger partial charge in [-0.25, -0.2) is 0 Å². The van der Waals surface area contributed by atoms with Gasteiger partial charge in [0, 0.05) is 11.9 Å². The monoisotopic (exact) mass is 264 g/mol. The van der Waals surface area contributed by atoms with Crippen molar-refractivity contribution in [3.63, 3.8) is 0 Å². The van der Waals surface area contributed by atoms with E-state index in [0.29, 0.717) is 0 Å². The molecule has 0 unspecified atom stereocenters. The summed E-state index contributed by atoms with van der Waals surface area (Å²) in [7, 11) is 1.41. The standard InChI is InChI=1S/C13H16N2O2S/c1-3-8-15(9-12(16)17-2)13-10-6-4-5-7-11(10)14-18-13/h4-7H,3,8-9H2,1-2H3. The van der Waals surface area contributed by atoms with Gasteiger partial charge >= 0.3 is 5.97 Å². The third kappa shape index (κ3) is 2.61. The molecule has 18 heavy (non-hydrogen) atoms. The summed E-state index contributed by atoms with van der Waals surface area (Å²) in [6, 6.07) is 7.98. The summed E-state index contributed by atoms with van der Waals surface area (Å²) in [5.41, 5.74) is 0.975. The number of ether oxygens (including phenoxy) is 1. The van der Waals surface area contributed by atoms with E-state index >= 15 is 0 Å². The lowest BCUT2D eigenvalue weighted by Gasteiger charge is -2.20. The molecule has 0 fully saturated rings. The first-order chi connectivity index (χ1) is 8.76.